The second-order valence-corrected chi connectivity index (χ2v) is 7.95. The first-order chi connectivity index (χ1) is 14.8. The van der Waals surface area contributed by atoms with Crippen LogP contribution in [0.5, 0.6) is 0 Å². The highest BCUT2D eigenvalue weighted by atomic mass is 16.4. The number of fused-ring (bicyclic) bond motifs is 2. The monoisotopic (exact) mass is 418 g/mol. The molecule has 1 atom stereocenters. The van der Waals surface area contributed by atoms with Gasteiger partial charge >= 0.3 is 12.0 Å². The number of carbonyl (C=O) groups excluding carboxylic acids is 1. The van der Waals surface area contributed by atoms with Crippen molar-refractivity contribution in [2.24, 2.45) is 7.05 Å². The number of amides is 2. The first-order valence-corrected chi connectivity index (χ1v) is 10.3. The molecule has 160 valence electrons. The van der Waals surface area contributed by atoms with E-state index in [0.29, 0.717) is 30.0 Å². The van der Waals surface area contributed by atoms with Gasteiger partial charge in [0, 0.05) is 36.4 Å². The molecule has 3 aromatic rings. The highest BCUT2D eigenvalue weighted by molar-refractivity contribution is 6.04. The largest absolute Gasteiger partial charge is 0.481 e. The number of urea groups is 1. The summed E-state index contributed by atoms with van der Waals surface area (Å²) in [6.07, 6.45) is 4.06. The standard InChI is InChI=1S/C24H26N4O3/c1-5-18(12-21(29)30)28-16(3)23-20(10-7-11-25-23)27(24(28)31)14-17-13-26(4)19-9-6-8-15(2)22(17)19/h6-11,13,18H,3,5,12,14H2,1-2,4H3,(H,29,30). The molecule has 7 nitrogen and oxygen atoms in total. The zero-order valence-electron chi connectivity index (χ0n) is 18.0. The first-order valence-electron chi connectivity index (χ1n) is 10.3. The Morgan fingerprint density at radius 1 is 1.26 bits per heavy atom. The number of nitrogens with zero attached hydrogens (tertiary/aromatic N) is 4. The number of aryl methyl sites for hydroxylation is 2. The predicted octanol–water partition coefficient (Wildman–Crippen LogP) is 4.55. The number of benzene rings is 1. The number of pyridine rings is 1. The van der Waals surface area contributed by atoms with Crippen molar-refractivity contribution in [2.75, 3.05) is 4.90 Å². The van der Waals surface area contributed by atoms with E-state index in [-0.39, 0.29) is 12.5 Å². The van der Waals surface area contributed by atoms with E-state index in [2.05, 4.69) is 35.2 Å². The lowest BCUT2D eigenvalue weighted by molar-refractivity contribution is -0.137. The molecule has 7 heteroatoms. The zero-order chi connectivity index (χ0) is 22.3. The Morgan fingerprint density at radius 2 is 2.03 bits per heavy atom. The van der Waals surface area contributed by atoms with Gasteiger partial charge in [-0.1, -0.05) is 25.6 Å². The lowest BCUT2D eigenvalue weighted by Gasteiger charge is -2.41. The van der Waals surface area contributed by atoms with E-state index in [1.54, 1.807) is 17.2 Å². The minimum atomic E-state index is -0.949. The number of hydrogen-bond donors (Lipinski definition) is 1. The molecular formula is C24H26N4O3. The summed E-state index contributed by atoms with van der Waals surface area (Å²) in [6.45, 7) is 8.38. The quantitative estimate of drug-likeness (QED) is 0.637. The van der Waals surface area contributed by atoms with Gasteiger partial charge in [-0.05, 0) is 42.7 Å². The molecule has 1 aliphatic heterocycles. The lowest BCUT2D eigenvalue weighted by atomic mass is 10.0. The third-order valence-corrected chi connectivity index (χ3v) is 5.95. The number of hydrogen-bond acceptors (Lipinski definition) is 3. The van der Waals surface area contributed by atoms with Crippen LogP contribution in [0.25, 0.3) is 16.6 Å². The van der Waals surface area contributed by atoms with Gasteiger partial charge in [-0.2, -0.15) is 0 Å². The van der Waals surface area contributed by atoms with Crippen LogP contribution in [-0.2, 0) is 18.4 Å². The highest BCUT2D eigenvalue weighted by Gasteiger charge is 2.38. The predicted molar refractivity (Wildman–Crippen MR) is 121 cm³/mol. The molecule has 0 bridgehead atoms. The number of aliphatic carboxylic acids is 1. The van der Waals surface area contributed by atoms with Crippen LogP contribution in [0.4, 0.5) is 10.5 Å². The van der Waals surface area contributed by atoms with E-state index < -0.39 is 12.0 Å². The van der Waals surface area contributed by atoms with E-state index in [1.807, 2.05) is 32.3 Å². The summed E-state index contributed by atoms with van der Waals surface area (Å²) >= 11 is 0. The summed E-state index contributed by atoms with van der Waals surface area (Å²) in [5.74, 6) is -0.949. The smallest absolute Gasteiger partial charge is 0.329 e. The minimum Gasteiger partial charge on any atom is -0.481 e. The summed E-state index contributed by atoms with van der Waals surface area (Å²) in [7, 11) is 1.99. The molecule has 2 amide bonds. The first kappa shape index (κ1) is 20.7. The van der Waals surface area contributed by atoms with Gasteiger partial charge in [0.1, 0.15) is 5.69 Å². The average molecular weight is 418 g/mol. The number of carboxylic acid groups (broad SMARTS) is 1. The van der Waals surface area contributed by atoms with Crippen LogP contribution < -0.4 is 4.90 Å². The van der Waals surface area contributed by atoms with Gasteiger partial charge in [-0.15, -0.1) is 0 Å². The maximum Gasteiger partial charge on any atom is 0.329 e. The fraction of sp³-hybridized carbons (Fsp3) is 0.292. The fourth-order valence-electron chi connectivity index (χ4n) is 4.47. The van der Waals surface area contributed by atoms with Crippen molar-refractivity contribution in [1.29, 1.82) is 0 Å². The van der Waals surface area contributed by atoms with Crippen LogP contribution in [0.15, 0.2) is 49.3 Å². The molecule has 2 aromatic heterocycles. The number of anilines is 1. The second kappa shape index (κ2) is 7.91. The molecular weight excluding hydrogens is 392 g/mol. The van der Waals surface area contributed by atoms with Crippen molar-refractivity contribution in [3.05, 3.63) is 66.1 Å². The Kier molecular flexibility index (Phi) is 5.27. The molecule has 0 saturated carbocycles. The van der Waals surface area contributed by atoms with E-state index in [4.69, 9.17) is 0 Å². The topological polar surface area (TPSA) is 78.7 Å². The Bertz CT molecular complexity index is 1200. The second-order valence-electron chi connectivity index (χ2n) is 7.95. The van der Waals surface area contributed by atoms with E-state index in [1.165, 1.54) is 4.90 Å². The van der Waals surface area contributed by atoms with Gasteiger partial charge in [0.05, 0.1) is 24.4 Å². The van der Waals surface area contributed by atoms with Crippen LogP contribution in [0.2, 0.25) is 0 Å². The van der Waals surface area contributed by atoms with Gasteiger partial charge in [0.15, 0.2) is 0 Å². The molecule has 4 rings (SSSR count). The van der Waals surface area contributed by atoms with Crippen LogP contribution in [-0.4, -0.2) is 37.6 Å². The third-order valence-electron chi connectivity index (χ3n) is 5.95. The molecule has 0 spiro atoms. The Balaban J connectivity index is 1.82. The molecule has 31 heavy (non-hydrogen) atoms. The van der Waals surface area contributed by atoms with Crippen molar-refractivity contribution >= 4 is 34.3 Å². The molecule has 0 fully saturated rings. The van der Waals surface area contributed by atoms with Crippen molar-refractivity contribution < 1.29 is 14.7 Å². The number of aromatic nitrogens is 2. The molecule has 1 N–H and O–H groups in total. The van der Waals surface area contributed by atoms with Crippen LogP contribution in [0, 0.1) is 6.92 Å². The van der Waals surface area contributed by atoms with Gasteiger partial charge in [-0.25, -0.2) is 4.79 Å². The Labute approximate surface area is 181 Å². The third kappa shape index (κ3) is 3.46. The summed E-state index contributed by atoms with van der Waals surface area (Å²) in [6, 6.07) is 9.04. The van der Waals surface area contributed by atoms with Crippen LogP contribution in [0.1, 0.15) is 36.6 Å². The zero-order valence-corrected chi connectivity index (χ0v) is 18.0. The normalized spacial score (nSPS) is 14.8. The number of carboxylic acids is 1. The van der Waals surface area contributed by atoms with E-state index >= 15 is 0 Å². The Morgan fingerprint density at radius 3 is 2.74 bits per heavy atom. The van der Waals surface area contributed by atoms with Crippen molar-refractivity contribution in [3.8, 4) is 0 Å². The summed E-state index contributed by atoms with van der Waals surface area (Å²) < 4.78 is 2.06. The molecule has 1 unspecified atom stereocenters. The maximum atomic E-state index is 13.7. The number of carbonyl (C=O) groups is 2. The molecule has 0 saturated heterocycles. The summed E-state index contributed by atoms with van der Waals surface area (Å²) in [4.78, 5) is 32.8. The number of rotatable bonds is 6. The summed E-state index contributed by atoms with van der Waals surface area (Å²) in [5.41, 5.74) is 5.00. The molecule has 0 radical (unpaired) electrons. The molecule has 1 aromatic carbocycles. The van der Waals surface area contributed by atoms with Gasteiger partial charge in [0.2, 0.25) is 0 Å². The van der Waals surface area contributed by atoms with Gasteiger partial charge in [-0.3, -0.25) is 19.6 Å². The van der Waals surface area contributed by atoms with E-state index in [0.717, 1.165) is 22.0 Å². The fourth-order valence-corrected chi connectivity index (χ4v) is 4.47. The Hall–Kier alpha value is -3.61. The highest BCUT2D eigenvalue weighted by Crippen LogP contribution is 2.38. The van der Waals surface area contributed by atoms with Crippen molar-refractivity contribution in [2.45, 2.75) is 39.3 Å². The van der Waals surface area contributed by atoms with Crippen molar-refractivity contribution in [1.82, 2.24) is 14.5 Å². The van der Waals surface area contributed by atoms with Crippen LogP contribution >= 0.6 is 0 Å². The van der Waals surface area contributed by atoms with Gasteiger partial charge < -0.3 is 9.67 Å². The average Bonchev–Trinajstić information content (AvgIpc) is 3.06. The van der Waals surface area contributed by atoms with Gasteiger partial charge in [0.25, 0.3) is 0 Å². The molecule has 3 heterocycles. The minimum absolute atomic E-state index is 0.148. The van der Waals surface area contributed by atoms with Crippen molar-refractivity contribution in [3.63, 3.8) is 0 Å². The maximum absolute atomic E-state index is 13.7. The lowest BCUT2D eigenvalue weighted by Crippen LogP contribution is -2.50. The molecule has 0 aliphatic carbocycles. The van der Waals surface area contributed by atoms with Crippen LogP contribution in [0.3, 0.4) is 0 Å². The van der Waals surface area contributed by atoms with E-state index in [9.17, 15) is 14.7 Å². The SMILES string of the molecule is C=C1c2ncccc2N(Cc2cn(C)c3cccc(C)c23)C(=O)N1C(CC)CC(=O)O. The summed E-state index contributed by atoms with van der Waals surface area (Å²) in [5, 5.41) is 10.5. The molecule has 1 aliphatic rings.